The molecule has 1 rings (SSSR count). The van der Waals surface area contributed by atoms with Crippen molar-refractivity contribution in [3.05, 3.63) is 28.7 Å². The Morgan fingerprint density at radius 2 is 1.67 bits per heavy atom. The van der Waals surface area contributed by atoms with E-state index in [0.29, 0.717) is 5.75 Å². The minimum absolute atomic E-state index is 0. The summed E-state index contributed by atoms with van der Waals surface area (Å²) in [6, 6.07) is 6.67. The molecule has 0 fully saturated rings. The normalized spacial score (nSPS) is 10.7. The molecule has 0 heterocycles. The summed E-state index contributed by atoms with van der Waals surface area (Å²) in [7, 11) is 0. The fourth-order valence-corrected chi connectivity index (χ4v) is 1.11. The molecule has 0 N–H and O–H groups in total. The largest absolute Gasteiger partial charge is 1.00 e. The summed E-state index contributed by atoms with van der Waals surface area (Å²) in [5, 5.41) is 0. The van der Waals surface area contributed by atoms with Crippen LogP contribution in [-0.2, 0) is 0 Å². The summed E-state index contributed by atoms with van der Waals surface area (Å²) < 4.78 is 41.2. The van der Waals surface area contributed by atoms with Gasteiger partial charge in [0, 0.05) is 4.47 Å². The van der Waals surface area contributed by atoms with Crippen molar-refractivity contribution in [2.75, 3.05) is 6.61 Å². The predicted molar refractivity (Wildman–Crippen MR) is 53.5 cm³/mol. The second kappa shape index (κ2) is 7.34. The van der Waals surface area contributed by atoms with Crippen LogP contribution in [0.15, 0.2) is 28.7 Å². The summed E-state index contributed by atoms with van der Waals surface area (Å²) in [6.07, 6.45) is -0.865. The van der Waals surface area contributed by atoms with Gasteiger partial charge in [0.15, 0.2) is 0 Å². The summed E-state index contributed by atoms with van der Waals surface area (Å²) in [4.78, 5) is 0. The zero-order valence-electron chi connectivity index (χ0n) is 8.22. The average molecular weight is 307 g/mol. The predicted octanol–water partition coefficient (Wildman–Crippen LogP) is 0.679. The number of benzene rings is 1. The van der Waals surface area contributed by atoms with E-state index in [1.807, 2.05) is 0 Å². The number of hydrogen-bond acceptors (Lipinski definition) is 1. The Balaban J connectivity index is 0.00000196. The summed E-state index contributed by atoms with van der Waals surface area (Å²) in [5.41, 5.74) is 0. The number of hydrogen-bond donors (Lipinski definition) is 0. The standard InChI is InChI=1S/C8H8BBrF3O.K/c10-7-1-3-8(4-2-7)14-6-5-9(11,12)13;/h1-4H,5-6H2;/q-1;+1. The van der Waals surface area contributed by atoms with E-state index in [1.54, 1.807) is 24.3 Å². The van der Waals surface area contributed by atoms with Gasteiger partial charge in [0.05, 0.1) is 6.61 Å². The van der Waals surface area contributed by atoms with Crippen LogP contribution in [0.4, 0.5) is 12.9 Å². The second-order valence-corrected chi connectivity index (χ2v) is 3.72. The van der Waals surface area contributed by atoms with Crippen LogP contribution in [0, 0.1) is 0 Å². The van der Waals surface area contributed by atoms with Gasteiger partial charge in [0.2, 0.25) is 0 Å². The summed E-state index contributed by atoms with van der Waals surface area (Å²) in [5.74, 6) is 0.452. The molecule has 1 nitrogen and oxygen atoms in total. The maximum absolute atomic E-state index is 11.8. The number of ether oxygens (including phenoxy) is 1. The molecular weight excluding hydrogens is 299 g/mol. The quantitative estimate of drug-likeness (QED) is 0.744. The topological polar surface area (TPSA) is 9.23 Å². The molecule has 0 amide bonds. The van der Waals surface area contributed by atoms with E-state index < -0.39 is 13.3 Å². The van der Waals surface area contributed by atoms with Gasteiger partial charge in [-0.3, -0.25) is 0 Å². The van der Waals surface area contributed by atoms with Gasteiger partial charge in [-0.2, -0.15) is 0 Å². The van der Waals surface area contributed by atoms with Crippen molar-refractivity contribution in [3.63, 3.8) is 0 Å². The van der Waals surface area contributed by atoms with Gasteiger partial charge in [-0.15, -0.1) is 0 Å². The van der Waals surface area contributed by atoms with E-state index in [-0.39, 0.29) is 58.0 Å². The molecule has 0 aromatic heterocycles. The van der Waals surface area contributed by atoms with E-state index in [0.717, 1.165) is 4.47 Å². The van der Waals surface area contributed by atoms with Gasteiger partial charge in [-0.1, -0.05) is 22.3 Å². The molecule has 0 aliphatic carbocycles. The van der Waals surface area contributed by atoms with Gasteiger partial charge in [-0.05, 0) is 24.3 Å². The maximum Gasteiger partial charge on any atom is 1.00 e. The zero-order valence-corrected chi connectivity index (χ0v) is 12.9. The minimum Gasteiger partial charge on any atom is -0.497 e. The fraction of sp³-hybridized carbons (Fsp3) is 0.250. The number of halogens is 4. The molecule has 1 aromatic carbocycles. The third kappa shape index (κ3) is 7.82. The van der Waals surface area contributed by atoms with Gasteiger partial charge >= 0.3 is 58.4 Å². The van der Waals surface area contributed by atoms with E-state index in [9.17, 15) is 12.9 Å². The molecule has 0 bridgehead atoms. The zero-order chi connectivity index (χ0) is 10.6. The molecule has 0 atom stereocenters. The van der Waals surface area contributed by atoms with Crippen molar-refractivity contribution in [2.24, 2.45) is 0 Å². The molecule has 0 saturated heterocycles. The third-order valence-corrected chi connectivity index (χ3v) is 2.06. The van der Waals surface area contributed by atoms with Gasteiger partial charge in [0.1, 0.15) is 5.75 Å². The van der Waals surface area contributed by atoms with Gasteiger partial charge in [-0.25, -0.2) is 0 Å². The van der Waals surface area contributed by atoms with Crippen molar-refractivity contribution in [3.8, 4) is 5.75 Å². The van der Waals surface area contributed by atoms with E-state index in [4.69, 9.17) is 4.74 Å². The monoisotopic (exact) mass is 306 g/mol. The van der Waals surface area contributed by atoms with Crippen LogP contribution in [0.3, 0.4) is 0 Å². The third-order valence-electron chi connectivity index (χ3n) is 1.53. The Bertz CT molecular complexity index is 291. The Morgan fingerprint density at radius 1 is 1.13 bits per heavy atom. The van der Waals surface area contributed by atoms with Crippen LogP contribution in [0.2, 0.25) is 6.32 Å². The first-order chi connectivity index (χ1) is 6.47. The first kappa shape index (κ1) is 16.0. The van der Waals surface area contributed by atoms with Crippen molar-refractivity contribution in [1.82, 2.24) is 0 Å². The molecule has 0 saturated carbocycles. The van der Waals surface area contributed by atoms with Crippen LogP contribution >= 0.6 is 15.9 Å². The fourth-order valence-electron chi connectivity index (χ4n) is 0.841. The SMILES string of the molecule is F[B-](F)(F)CCOc1ccc(Br)cc1.[K+]. The van der Waals surface area contributed by atoms with E-state index in [1.165, 1.54) is 0 Å². The summed E-state index contributed by atoms with van der Waals surface area (Å²) >= 11 is 3.21. The van der Waals surface area contributed by atoms with Crippen molar-refractivity contribution >= 4 is 22.9 Å². The first-order valence-electron chi connectivity index (χ1n) is 4.07. The van der Waals surface area contributed by atoms with Gasteiger partial charge in [0.25, 0.3) is 0 Å². The molecule has 7 heteroatoms. The molecule has 0 radical (unpaired) electrons. The van der Waals surface area contributed by atoms with Crippen LogP contribution in [-0.4, -0.2) is 13.6 Å². The van der Waals surface area contributed by atoms with Crippen molar-refractivity contribution < 1.29 is 69.1 Å². The Kier molecular flexibility index (Phi) is 7.83. The number of rotatable bonds is 4. The minimum atomic E-state index is -4.74. The molecule has 0 aliphatic rings. The Morgan fingerprint density at radius 3 is 2.13 bits per heavy atom. The van der Waals surface area contributed by atoms with Crippen molar-refractivity contribution in [2.45, 2.75) is 6.32 Å². The van der Waals surface area contributed by atoms with Crippen LogP contribution in [0.1, 0.15) is 0 Å². The smallest absolute Gasteiger partial charge is 0.497 e. The molecule has 0 aliphatic heterocycles. The average Bonchev–Trinajstić information content (AvgIpc) is 2.06. The molecule has 78 valence electrons. The maximum atomic E-state index is 11.8. The molecule has 1 aromatic rings. The van der Waals surface area contributed by atoms with Crippen molar-refractivity contribution in [1.29, 1.82) is 0 Å². The van der Waals surface area contributed by atoms with Crippen LogP contribution in [0.25, 0.3) is 0 Å². The Labute approximate surface area is 137 Å². The first-order valence-corrected chi connectivity index (χ1v) is 4.86. The van der Waals surface area contributed by atoms with Gasteiger partial charge < -0.3 is 17.7 Å². The molecule has 0 unspecified atom stereocenters. The van der Waals surface area contributed by atoms with Crippen LogP contribution < -0.4 is 56.1 Å². The molecular formula is C8H8BBrF3KO. The molecule has 15 heavy (non-hydrogen) atoms. The molecule has 0 spiro atoms. The summed E-state index contributed by atoms with van der Waals surface area (Å²) in [6.45, 7) is -5.06. The van der Waals surface area contributed by atoms with E-state index in [2.05, 4.69) is 15.9 Å². The van der Waals surface area contributed by atoms with E-state index >= 15 is 0 Å². The Hall–Kier alpha value is 0.991. The van der Waals surface area contributed by atoms with Crippen LogP contribution in [0.5, 0.6) is 5.75 Å². The second-order valence-electron chi connectivity index (χ2n) is 2.80.